The summed E-state index contributed by atoms with van der Waals surface area (Å²) in [5, 5.41) is 6.25. The van der Waals surface area contributed by atoms with Crippen molar-refractivity contribution in [2.75, 3.05) is 0 Å². The molecule has 0 aromatic heterocycles. The van der Waals surface area contributed by atoms with Gasteiger partial charge in [0.25, 0.3) is 0 Å². The molecule has 3 aromatic carbocycles. The van der Waals surface area contributed by atoms with Crippen LogP contribution < -0.4 is 20.7 Å². The summed E-state index contributed by atoms with van der Waals surface area (Å²) in [6.07, 6.45) is 5.68. The molecule has 3 aromatic rings. The molecule has 126 valence electrons. The van der Waals surface area contributed by atoms with E-state index < -0.39 is 16.1 Å². The number of benzene rings is 3. The van der Waals surface area contributed by atoms with Gasteiger partial charge in [-0.25, -0.2) is 0 Å². The second-order valence-electron chi connectivity index (χ2n) is 8.64. The van der Waals surface area contributed by atoms with Crippen LogP contribution in [0.2, 0.25) is 26.2 Å². The lowest BCUT2D eigenvalue weighted by Gasteiger charge is -2.21. The third-order valence-electron chi connectivity index (χ3n) is 6.54. The number of fused-ring (bicyclic) bond motifs is 6. The van der Waals surface area contributed by atoms with Crippen molar-refractivity contribution < 1.29 is 0 Å². The molecule has 2 heterocycles. The fraction of sp³-hybridized carbons (Fsp3) is 0.167. The third-order valence-corrected chi connectivity index (χ3v) is 13.6. The first-order valence-electron chi connectivity index (χ1n) is 9.26. The van der Waals surface area contributed by atoms with Gasteiger partial charge in [-0.2, -0.15) is 0 Å². The normalized spacial score (nSPS) is 17.0. The minimum atomic E-state index is -1.72. The van der Waals surface area contributed by atoms with E-state index >= 15 is 0 Å². The Hall–Kier alpha value is -2.35. The zero-order valence-corrected chi connectivity index (χ0v) is 17.8. The smallest absolute Gasteiger partial charge is 0.113 e. The number of terminal acetylenes is 1. The first-order chi connectivity index (χ1) is 12.4. The van der Waals surface area contributed by atoms with Gasteiger partial charge in [0, 0.05) is 5.56 Å². The Morgan fingerprint density at radius 3 is 1.81 bits per heavy atom. The van der Waals surface area contributed by atoms with Crippen molar-refractivity contribution in [2.45, 2.75) is 26.2 Å². The molecule has 2 aliphatic rings. The average Bonchev–Trinajstić information content (AvgIpc) is 3.00. The highest BCUT2D eigenvalue weighted by Crippen LogP contribution is 2.34. The van der Waals surface area contributed by atoms with Crippen LogP contribution in [0.15, 0.2) is 54.6 Å². The summed E-state index contributed by atoms with van der Waals surface area (Å²) in [5.74, 6) is 2.82. The topological polar surface area (TPSA) is 0 Å². The van der Waals surface area contributed by atoms with Crippen molar-refractivity contribution in [1.82, 2.24) is 0 Å². The predicted molar refractivity (Wildman–Crippen MR) is 119 cm³/mol. The molecule has 0 nitrogen and oxygen atoms in total. The van der Waals surface area contributed by atoms with Gasteiger partial charge in [0.1, 0.15) is 16.1 Å². The summed E-state index contributed by atoms with van der Waals surface area (Å²) < 4.78 is 0. The van der Waals surface area contributed by atoms with Crippen LogP contribution in [0.3, 0.4) is 0 Å². The molecule has 0 aliphatic carbocycles. The molecule has 0 saturated heterocycles. The largest absolute Gasteiger partial charge is 0.115 e. The molecule has 0 atom stereocenters. The van der Waals surface area contributed by atoms with Crippen LogP contribution in [0.1, 0.15) is 5.56 Å². The van der Waals surface area contributed by atoms with Gasteiger partial charge in [0.15, 0.2) is 0 Å². The highest BCUT2D eigenvalue weighted by atomic mass is 28.3. The molecule has 0 radical (unpaired) electrons. The maximum absolute atomic E-state index is 5.68. The van der Waals surface area contributed by atoms with Crippen LogP contribution in [0, 0.1) is 12.3 Å². The molecule has 0 unspecified atom stereocenters. The van der Waals surface area contributed by atoms with Crippen LogP contribution in [-0.2, 0) is 0 Å². The van der Waals surface area contributed by atoms with Gasteiger partial charge in [-0.3, -0.25) is 0 Å². The SMILES string of the molecule is C#Cc1ccc2c(c1)[Si](C)(C)c1cc3c(cc1-2)[Si](C)(C)c1ccccc1-3. The summed E-state index contributed by atoms with van der Waals surface area (Å²) in [6, 6.07) is 20.7. The average molecular weight is 367 g/mol. The van der Waals surface area contributed by atoms with Gasteiger partial charge in [0.05, 0.1) is 0 Å². The Balaban J connectivity index is 1.84. The third kappa shape index (κ3) is 1.80. The second-order valence-corrected chi connectivity index (χ2v) is 17.3. The standard InChI is InChI=1S/C24H22Si2/c1-6-16-11-12-18-20-15-23-19(14-24(20)26(4,5)22(18)13-16)17-9-7-8-10-21(17)25(23,2)3/h1,7-15H,2-5H3. The van der Waals surface area contributed by atoms with Crippen molar-refractivity contribution in [3.8, 4) is 34.6 Å². The molecule has 5 rings (SSSR count). The van der Waals surface area contributed by atoms with E-state index in [9.17, 15) is 0 Å². The van der Waals surface area contributed by atoms with E-state index in [1.165, 1.54) is 27.4 Å². The van der Waals surface area contributed by atoms with Crippen molar-refractivity contribution in [3.63, 3.8) is 0 Å². The van der Waals surface area contributed by atoms with E-state index in [1.54, 1.807) is 15.6 Å². The van der Waals surface area contributed by atoms with E-state index in [2.05, 4.69) is 86.7 Å². The summed E-state index contributed by atoms with van der Waals surface area (Å²) in [4.78, 5) is 0. The number of hydrogen-bond donors (Lipinski definition) is 0. The van der Waals surface area contributed by atoms with Gasteiger partial charge in [-0.15, -0.1) is 6.42 Å². The molecule has 0 bridgehead atoms. The molecule has 0 amide bonds. The van der Waals surface area contributed by atoms with Crippen LogP contribution >= 0.6 is 0 Å². The van der Waals surface area contributed by atoms with Gasteiger partial charge < -0.3 is 0 Å². The molecule has 0 fully saturated rings. The van der Waals surface area contributed by atoms with E-state index in [-0.39, 0.29) is 0 Å². The van der Waals surface area contributed by atoms with Gasteiger partial charge in [-0.1, -0.05) is 74.6 Å². The van der Waals surface area contributed by atoms with Crippen LogP contribution in [0.25, 0.3) is 22.3 Å². The summed E-state index contributed by atoms with van der Waals surface area (Å²) >= 11 is 0. The Bertz CT molecular complexity index is 1140. The number of rotatable bonds is 0. The zero-order chi connectivity index (χ0) is 18.3. The molecular weight excluding hydrogens is 344 g/mol. The maximum Gasteiger partial charge on any atom is 0.113 e. The van der Waals surface area contributed by atoms with Crippen LogP contribution in [0.5, 0.6) is 0 Å². The fourth-order valence-corrected chi connectivity index (χ4v) is 11.2. The van der Waals surface area contributed by atoms with Gasteiger partial charge in [0.2, 0.25) is 0 Å². The Morgan fingerprint density at radius 2 is 1.15 bits per heavy atom. The first-order valence-corrected chi connectivity index (χ1v) is 15.3. The summed E-state index contributed by atoms with van der Waals surface area (Å²) in [7, 11) is -3.35. The number of hydrogen-bond acceptors (Lipinski definition) is 0. The summed E-state index contributed by atoms with van der Waals surface area (Å²) in [6.45, 7) is 9.91. The quantitative estimate of drug-likeness (QED) is 0.423. The Morgan fingerprint density at radius 1 is 0.615 bits per heavy atom. The monoisotopic (exact) mass is 366 g/mol. The Labute approximate surface area is 157 Å². The van der Waals surface area contributed by atoms with E-state index in [1.807, 2.05) is 0 Å². The molecule has 0 saturated carbocycles. The van der Waals surface area contributed by atoms with Gasteiger partial charge >= 0.3 is 0 Å². The lowest BCUT2D eigenvalue weighted by Crippen LogP contribution is -2.51. The van der Waals surface area contributed by atoms with Crippen LogP contribution in [-0.4, -0.2) is 16.1 Å². The minimum absolute atomic E-state index is 1.00. The second kappa shape index (κ2) is 4.88. The maximum atomic E-state index is 5.68. The highest BCUT2D eigenvalue weighted by Gasteiger charge is 2.43. The fourth-order valence-electron chi connectivity index (χ4n) is 5.02. The van der Waals surface area contributed by atoms with E-state index in [0.717, 1.165) is 5.56 Å². The first kappa shape index (κ1) is 15.9. The summed E-state index contributed by atoms with van der Waals surface area (Å²) in [5.41, 5.74) is 6.84. The van der Waals surface area contributed by atoms with Gasteiger partial charge in [-0.05, 0) is 55.1 Å². The lowest BCUT2D eigenvalue weighted by molar-refractivity contribution is 1.67. The highest BCUT2D eigenvalue weighted by molar-refractivity contribution is 7.06. The van der Waals surface area contributed by atoms with Crippen LogP contribution in [0.4, 0.5) is 0 Å². The van der Waals surface area contributed by atoms with Crippen molar-refractivity contribution in [3.05, 3.63) is 60.2 Å². The minimum Gasteiger partial charge on any atom is -0.115 e. The molecule has 2 heteroatoms. The zero-order valence-electron chi connectivity index (χ0n) is 15.8. The molecule has 0 spiro atoms. The lowest BCUT2D eigenvalue weighted by atomic mass is 10.00. The molecule has 26 heavy (non-hydrogen) atoms. The van der Waals surface area contributed by atoms with Crippen molar-refractivity contribution in [1.29, 1.82) is 0 Å². The predicted octanol–water partition coefficient (Wildman–Crippen LogP) is 3.27. The van der Waals surface area contributed by atoms with Crippen molar-refractivity contribution in [2.24, 2.45) is 0 Å². The molecule has 0 N–H and O–H groups in total. The van der Waals surface area contributed by atoms with Crippen molar-refractivity contribution >= 4 is 36.9 Å². The Kier molecular flexibility index (Phi) is 2.98. The van der Waals surface area contributed by atoms with E-state index in [4.69, 9.17) is 6.42 Å². The molecule has 2 aliphatic heterocycles. The van der Waals surface area contributed by atoms with E-state index in [0.29, 0.717) is 0 Å². The molecular formula is C24H22Si2.